The summed E-state index contributed by atoms with van der Waals surface area (Å²) >= 11 is 0. The van der Waals surface area contributed by atoms with E-state index in [1.165, 1.54) is 6.08 Å². The Balaban J connectivity index is 2.00. The Hall–Kier alpha value is -3.36. The van der Waals surface area contributed by atoms with Gasteiger partial charge in [0, 0.05) is 18.8 Å². The lowest BCUT2D eigenvalue weighted by molar-refractivity contribution is -0.0921. The van der Waals surface area contributed by atoms with E-state index in [4.69, 9.17) is 0 Å². The van der Waals surface area contributed by atoms with Crippen molar-refractivity contribution < 1.29 is 18.3 Å². The van der Waals surface area contributed by atoms with Crippen LogP contribution in [0.25, 0.3) is 5.57 Å². The number of ether oxygens (including phenoxy) is 1. The van der Waals surface area contributed by atoms with Crippen LogP contribution in [0.3, 0.4) is 0 Å². The molecule has 2 aromatic rings. The number of aryl methyl sites for hydroxylation is 2. The topological polar surface area (TPSA) is 72.6 Å². The van der Waals surface area contributed by atoms with Gasteiger partial charge in [0.15, 0.2) is 5.82 Å². The summed E-state index contributed by atoms with van der Waals surface area (Å²) in [5.41, 5.74) is 3.05. The number of anilines is 1. The first-order chi connectivity index (χ1) is 14.3. The first-order valence-corrected chi connectivity index (χ1v) is 9.44. The van der Waals surface area contributed by atoms with Crippen LogP contribution in [0.4, 0.5) is 14.6 Å². The molecule has 0 saturated carbocycles. The Bertz CT molecular complexity index is 1040. The highest BCUT2D eigenvalue weighted by molar-refractivity contribution is 6.11. The van der Waals surface area contributed by atoms with Crippen LogP contribution < -0.4 is 4.90 Å². The normalized spacial score (nSPS) is 17.0. The highest BCUT2D eigenvalue weighted by Crippen LogP contribution is 2.37. The smallest absolute Gasteiger partial charge is 0.387 e. The van der Waals surface area contributed by atoms with E-state index in [-0.39, 0.29) is 17.7 Å². The molecule has 1 amide bonds. The zero-order valence-corrected chi connectivity index (χ0v) is 17.3. The molecule has 1 atom stereocenters. The average molecular weight is 415 g/mol. The lowest BCUT2D eigenvalue weighted by Gasteiger charge is -2.18. The first kappa shape index (κ1) is 21.4. The summed E-state index contributed by atoms with van der Waals surface area (Å²) in [6.45, 7) is 8.39. The Morgan fingerprint density at radius 1 is 1.47 bits per heavy atom. The summed E-state index contributed by atoms with van der Waals surface area (Å²) < 4.78 is 31.4. The van der Waals surface area contributed by atoms with Crippen LogP contribution in [0, 0.1) is 6.92 Å². The number of aliphatic imine (C=N–C) groups is 1. The van der Waals surface area contributed by atoms with Crippen molar-refractivity contribution in [3.8, 4) is 0 Å². The highest BCUT2D eigenvalue weighted by atomic mass is 19.3. The van der Waals surface area contributed by atoms with Crippen LogP contribution in [-0.2, 0) is 11.3 Å². The molecule has 0 aliphatic carbocycles. The molecular weight excluding hydrogens is 392 g/mol. The van der Waals surface area contributed by atoms with Gasteiger partial charge >= 0.3 is 6.61 Å². The lowest BCUT2D eigenvalue weighted by Crippen LogP contribution is -2.27. The minimum Gasteiger partial charge on any atom is -0.433 e. The van der Waals surface area contributed by atoms with Gasteiger partial charge in [-0.2, -0.15) is 13.9 Å². The van der Waals surface area contributed by atoms with Crippen LogP contribution >= 0.6 is 0 Å². The van der Waals surface area contributed by atoms with Gasteiger partial charge in [-0.1, -0.05) is 0 Å². The second-order valence-corrected chi connectivity index (χ2v) is 6.89. The fourth-order valence-electron chi connectivity index (χ4n) is 3.44. The molecule has 3 heterocycles. The van der Waals surface area contributed by atoms with Crippen molar-refractivity contribution >= 4 is 24.0 Å². The SMILES string of the molecule is C=N/C=C(\C=C(/C)c1cc(C)c2c(n1)[C@@H](C)N(c1ccn(CC)n1)C2=O)OC(F)F. The fourth-order valence-corrected chi connectivity index (χ4v) is 3.44. The van der Waals surface area contributed by atoms with Crippen molar-refractivity contribution in [2.75, 3.05) is 4.90 Å². The summed E-state index contributed by atoms with van der Waals surface area (Å²) in [6.07, 6.45) is 4.34. The number of rotatable bonds is 7. The van der Waals surface area contributed by atoms with E-state index in [1.807, 2.05) is 27.0 Å². The van der Waals surface area contributed by atoms with Gasteiger partial charge in [0.05, 0.1) is 29.2 Å². The summed E-state index contributed by atoms with van der Waals surface area (Å²) in [4.78, 5) is 22.8. The largest absolute Gasteiger partial charge is 0.433 e. The zero-order valence-electron chi connectivity index (χ0n) is 17.3. The predicted molar refractivity (Wildman–Crippen MR) is 110 cm³/mol. The maximum Gasteiger partial charge on any atom is 0.387 e. The third-order valence-corrected chi connectivity index (χ3v) is 4.86. The molecule has 0 N–H and O–H groups in total. The number of alkyl halides is 2. The van der Waals surface area contributed by atoms with Gasteiger partial charge in [0.1, 0.15) is 5.76 Å². The van der Waals surface area contributed by atoms with Crippen molar-refractivity contribution in [2.45, 2.75) is 46.9 Å². The Labute approximate surface area is 173 Å². The van der Waals surface area contributed by atoms with E-state index < -0.39 is 6.61 Å². The summed E-state index contributed by atoms with van der Waals surface area (Å²) in [6, 6.07) is 3.23. The number of hydrogen-bond acceptors (Lipinski definition) is 5. The molecule has 7 nitrogen and oxygen atoms in total. The molecule has 0 unspecified atom stereocenters. The quantitative estimate of drug-likeness (QED) is 0.379. The molecule has 2 aromatic heterocycles. The van der Waals surface area contributed by atoms with Crippen LogP contribution in [0.15, 0.2) is 41.4 Å². The second kappa shape index (κ2) is 8.56. The van der Waals surface area contributed by atoms with Gasteiger partial charge in [-0.15, -0.1) is 0 Å². The number of fused-ring (bicyclic) bond motifs is 1. The summed E-state index contributed by atoms with van der Waals surface area (Å²) in [5.74, 6) is 0.274. The molecule has 30 heavy (non-hydrogen) atoms. The number of carbonyl (C=O) groups is 1. The number of pyridine rings is 1. The van der Waals surface area contributed by atoms with Crippen molar-refractivity contribution in [3.63, 3.8) is 0 Å². The number of nitrogens with zero attached hydrogens (tertiary/aromatic N) is 5. The molecule has 0 fully saturated rings. The third kappa shape index (κ3) is 4.00. The number of hydrogen-bond donors (Lipinski definition) is 0. The lowest BCUT2D eigenvalue weighted by atomic mass is 10.0. The minimum absolute atomic E-state index is 0.131. The molecule has 1 aliphatic rings. The van der Waals surface area contributed by atoms with E-state index in [0.717, 1.165) is 11.8 Å². The van der Waals surface area contributed by atoms with Crippen LogP contribution in [0.5, 0.6) is 0 Å². The maximum atomic E-state index is 13.1. The average Bonchev–Trinajstić information content (AvgIpc) is 3.24. The van der Waals surface area contributed by atoms with Gasteiger partial charge in [-0.05, 0) is 57.7 Å². The number of aromatic nitrogens is 3. The maximum absolute atomic E-state index is 13.1. The van der Waals surface area contributed by atoms with E-state index in [9.17, 15) is 13.6 Å². The zero-order chi connectivity index (χ0) is 22.0. The predicted octanol–water partition coefficient (Wildman–Crippen LogP) is 4.51. The number of carbonyl (C=O) groups excluding carboxylic acids is 1. The first-order valence-electron chi connectivity index (χ1n) is 9.44. The number of halogens is 2. The standard InChI is InChI=1S/C21H23F2N5O2/c1-6-27-8-7-17(26-27)28-14(4)19-18(20(28)29)13(3)10-16(25-19)12(2)9-15(11-24-5)30-21(22)23/h7-11,14,21H,5-6H2,1-4H3/b12-9+,15-11+/t14-/m1/s1. The van der Waals surface area contributed by atoms with Gasteiger partial charge in [0.25, 0.3) is 5.91 Å². The molecule has 0 bridgehead atoms. The third-order valence-electron chi connectivity index (χ3n) is 4.86. The van der Waals surface area contributed by atoms with Gasteiger partial charge in [-0.25, -0.2) is 0 Å². The van der Waals surface area contributed by atoms with Crippen molar-refractivity contribution in [2.24, 2.45) is 4.99 Å². The molecule has 9 heteroatoms. The molecular formula is C21H23F2N5O2. The minimum atomic E-state index is -2.98. The summed E-state index contributed by atoms with van der Waals surface area (Å²) in [5, 5.41) is 4.44. The fraction of sp³-hybridized carbons (Fsp3) is 0.333. The van der Waals surface area contributed by atoms with E-state index >= 15 is 0 Å². The highest BCUT2D eigenvalue weighted by Gasteiger charge is 2.39. The van der Waals surface area contributed by atoms with Crippen molar-refractivity contribution in [1.29, 1.82) is 0 Å². The monoisotopic (exact) mass is 415 g/mol. The number of allylic oxidation sites excluding steroid dienone is 2. The summed E-state index contributed by atoms with van der Waals surface area (Å²) in [7, 11) is 0. The molecule has 158 valence electrons. The van der Waals surface area contributed by atoms with Crippen molar-refractivity contribution in [3.05, 3.63) is 58.9 Å². The van der Waals surface area contributed by atoms with E-state index in [1.54, 1.807) is 28.6 Å². The molecule has 0 radical (unpaired) electrons. The molecule has 0 spiro atoms. The number of amides is 1. The molecule has 0 aromatic carbocycles. The van der Waals surface area contributed by atoms with Crippen molar-refractivity contribution in [1.82, 2.24) is 14.8 Å². The molecule has 1 aliphatic heterocycles. The van der Waals surface area contributed by atoms with Crippen LogP contribution in [0.2, 0.25) is 0 Å². The Morgan fingerprint density at radius 3 is 2.80 bits per heavy atom. The van der Waals surface area contributed by atoms with Crippen LogP contribution in [-0.4, -0.2) is 34.0 Å². The molecule has 3 rings (SSSR count). The van der Waals surface area contributed by atoms with Crippen LogP contribution in [0.1, 0.15) is 54.1 Å². The van der Waals surface area contributed by atoms with E-state index in [2.05, 4.69) is 26.5 Å². The second-order valence-electron chi connectivity index (χ2n) is 6.89. The van der Waals surface area contributed by atoms with Gasteiger partial charge < -0.3 is 4.74 Å². The Kier molecular flexibility index (Phi) is 6.09. The molecule has 0 saturated heterocycles. The van der Waals surface area contributed by atoms with Gasteiger partial charge in [0.2, 0.25) is 0 Å². The Morgan fingerprint density at radius 2 is 2.20 bits per heavy atom. The van der Waals surface area contributed by atoms with E-state index in [0.29, 0.717) is 34.9 Å². The van der Waals surface area contributed by atoms with Gasteiger partial charge in [-0.3, -0.25) is 24.4 Å².